The van der Waals surface area contributed by atoms with Crippen LogP contribution in [0.2, 0.25) is 0 Å². The van der Waals surface area contributed by atoms with Gasteiger partial charge < -0.3 is 10.2 Å². The smallest absolute Gasteiger partial charge is 0.321 e. The van der Waals surface area contributed by atoms with Crippen LogP contribution >= 0.6 is 0 Å². The van der Waals surface area contributed by atoms with Gasteiger partial charge in [-0.3, -0.25) is 0 Å². The van der Waals surface area contributed by atoms with Gasteiger partial charge in [0.1, 0.15) is 5.82 Å². The first kappa shape index (κ1) is 9.82. The van der Waals surface area contributed by atoms with Crippen LogP contribution in [0.25, 0.3) is 0 Å². The highest BCUT2D eigenvalue weighted by Crippen LogP contribution is 2.20. The second-order valence-electron chi connectivity index (χ2n) is 3.17. The van der Waals surface area contributed by atoms with E-state index in [2.05, 4.69) is 5.32 Å². The molecule has 2 rings (SSSR count). The largest absolute Gasteiger partial charge is 0.322 e. The van der Waals surface area contributed by atoms with Crippen LogP contribution in [0.3, 0.4) is 0 Å². The summed E-state index contributed by atoms with van der Waals surface area (Å²) >= 11 is 0. The van der Waals surface area contributed by atoms with Crippen molar-refractivity contribution in [3.63, 3.8) is 0 Å². The summed E-state index contributed by atoms with van der Waals surface area (Å²) in [6, 6.07) is 0.598. The van der Waals surface area contributed by atoms with Crippen molar-refractivity contribution in [1.82, 2.24) is 4.90 Å². The molecule has 1 aromatic carbocycles. The first-order valence-corrected chi connectivity index (χ1v) is 4.28. The minimum Gasteiger partial charge on any atom is -0.321 e. The lowest BCUT2D eigenvalue weighted by Gasteiger charge is -2.07. The van der Waals surface area contributed by atoms with Crippen molar-refractivity contribution in [2.75, 3.05) is 18.4 Å². The average molecular weight is 216 g/mol. The number of urea groups is 1. The van der Waals surface area contributed by atoms with Crippen LogP contribution in [0.5, 0.6) is 0 Å². The topological polar surface area (TPSA) is 32.1 Å². The van der Waals surface area contributed by atoms with Crippen LogP contribution in [0.4, 0.5) is 23.7 Å². The number of carbonyl (C=O) groups excluding carboxylic acids is 1. The maximum absolute atomic E-state index is 13.1. The van der Waals surface area contributed by atoms with Gasteiger partial charge in [-0.1, -0.05) is 0 Å². The maximum atomic E-state index is 13.1. The summed E-state index contributed by atoms with van der Waals surface area (Å²) in [5.74, 6) is -3.52. The van der Waals surface area contributed by atoms with Crippen LogP contribution < -0.4 is 5.32 Å². The van der Waals surface area contributed by atoms with E-state index in [0.29, 0.717) is 19.2 Å². The molecule has 1 saturated heterocycles. The molecule has 1 fully saturated rings. The lowest BCUT2D eigenvalue weighted by atomic mass is 10.3. The fraction of sp³-hybridized carbons (Fsp3) is 0.222. The standard InChI is InChI=1S/C9H7F3N2O/c10-5-3-6(11)8(12)7(4-5)13-9(15)14-1-2-14/h3-4H,1-2H2,(H,13,15). The third-order valence-electron chi connectivity index (χ3n) is 1.97. The van der Waals surface area contributed by atoms with E-state index in [9.17, 15) is 18.0 Å². The zero-order valence-electron chi connectivity index (χ0n) is 7.56. The number of hydrogen-bond donors (Lipinski definition) is 1. The first-order chi connectivity index (χ1) is 7.08. The van der Waals surface area contributed by atoms with Crippen molar-refractivity contribution in [2.24, 2.45) is 0 Å². The van der Waals surface area contributed by atoms with Crippen LogP contribution in [-0.4, -0.2) is 24.0 Å². The summed E-state index contributed by atoms with van der Waals surface area (Å²) in [6.45, 7) is 1.15. The molecule has 0 saturated carbocycles. The molecule has 0 spiro atoms. The molecule has 15 heavy (non-hydrogen) atoms. The Bertz CT molecular complexity index is 418. The highest BCUT2D eigenvalue weighted by atomic mass is 19.2. The minimum atomic E-state index is -1.32. The zero-order chi connectivity index (χ0) is 11.0. The first-order valence-electron chi connectivity index (χ1n) is 4.28. The highest BCUT2D eigenvalue weighted by molar-refractivity contribution is 5.90. The molecule has 6 heteroatoms. The number of anilines is 1. The fourth-order valence-corrected chi connectivity index (χ4v) is 1.09. The molecule has 0 aromatic heterocycles. The number of rotatable bonds is 1. The van der Waals surface area contributed by atoms with Gasteiger partial charge >= 0.3 is 6.03 Å². The normalized spacial score (nSPS) is 13.9. The number of nitrogens with one attached hydrogen (secondary N) is 1. The van der Waals surface area contributed by atoms with Gasteiger partial charge in [0.15, 0.2) is 11.6 Å². The SMILES string of the molecule is O=C(Nc1cc(F)cc(F)c1F)N1CC1. The van der Waals surface area contributed by atoms with E-state index in [4.69, 9.17) is 0 Å². The zero-order valence-corrected chi connectivity index (χ0v) is 7.56. The number of amides is 2. The lowest BCUT2D eigenvalue weighted by molar-refractivity contribution is 0.242. The van der Waals surface area contributed by atoms with Crippen LogP contribution in [-0.2, 0) is 0 Å². The van der Waals surface area contributed by atoms with Gasteiger partial charge in [0, 0.05) is 25.2 Å². The predicted octanol–water partition coefficient (Wildman–Crippen LogP) is 1.95. The molecule has 1 aliphatic rings. The molecule has 0 radical (unpaired) electrons. The Kier molecular flexibility index (Phi) is 2.26. The van der Waals surface area contributed by atoms with E-state index in [-0.39, 0.29) is 0 Å². The molecular weight excluding hydrogens is 209 g/mol. The second-order valence-corrected chi connectivity index (χ2v) is 3.17. The van der Waals surface area contributed by atoms with E-state index in [0.717, 1.165) is 6.07 Å². The molecule has 0 aliphatic carbocycles. The predicted molar refractivity (Wildman–Crippen MR) is 46.9 cm³/mol. The highest BCUT2D eigenvalue weighted by Gasteiger charge is 2.25. The van der Waals surface area contributed by atoms with Crippen molar-refractivity contribution >= 4 is 11.7 Å². The van der Waals surface area contributed by atoms with Gasteiger partial charge in [0.2, 0.25) is 0 Å². The van der Waals surface area contributed by atoms with E-state index < -0.39 is 29.2 Å². The third kappa shape index (κ3) is 2.03. The monoisotopic (exact) mass is 216 g/mol. The van der Waals surface area contributed by atoms with Crippen LogP contribution in [0.1, 0.15) is 0 Å². The average Bonchev–Trinajstić information content (AvgIpc) is 2.96. The molecule has 80 valence electrons. The molecule has 1 N–H and O–H groups in total. The van der Waals surface area contributed by atoms with Gasteiger partial charge in [-0.2, -0.15) is 0 Å². The molecular formula is C9H7F3N2O. The van der Waals surface area contributed by atoms with Gasteiger partial charge in [-0.25, -0.2) is 18.0 Å². The summed E-state index contributed by atoms with van der Waals surface area (Å²) < 4.78 is 38.5. The quantitative estimate of drug-likeness (QED) is 0.564. The third-order valence-corrected chi connectivity index (χ3v) is 1.97. The summed E-state index contributed by atoms with van der Waals surface area (Å²) in [4.78, 5) is 12.5. The molecule has 1 heterocycles. The molecule has 2 amide bonds. The Morgan fingerprint density at radius 3 is 2.53 bits per heavy atom. The lowest BCUT2D eigenvalue weighted by Crippen LogP contribution is -2.19. The molecule has 0 unspecified atom stereocenters. The molecule has 3 nitrogen and oxygen atoms in total. The number of hydrogen-bond acceptors (Lipinski definition) is 1. The van der Waals surface area contributed by atoms with E-state index in [1.165, 1.54) is 4.90 Å². The molecule has 1 aliphatic heterocycles. The molecule has 1 aromatic rings. The van der Waals surface area contributed by atoms with Gasteiger partial charge in [-0.15, -0.1) is 0 Å². The Hall–Kier alpha value is -1.72. The molecule has 0 bridgehead atoms. The summed E-state index contributed by atoms with van der Waals surface area (Å²) in [6.07, 6.45) is 0. The Labute approximate surface area is 83.5 Å². The maximum Gasteiger partial charge on any atom is 0.322 e. The number of carbonyl (C=O) groups is 1. The van der Waals surface area contributed by atoms with Gasteiger partial charge in [0.05, 0.1) is 5.69 Å². The molecule has 0 atom stereocenters. The second kappa shape index (κ2) is 3.45. The Morgan fingerprint density at radius 1 is 1.27 bits per heavy atom. The summed E-state index contributed by atoms with van der Waals surface area (Å²) in [5.41, 5.74) is -0.482. The minimum absolute atomic E-state index is 0.419. The Balaban J connectivity index is 2.22. The van der Waals surface area contributed by atoms with Crippen molar-refractivity contribution in [1.29, 1.82) is 0 Å². The van der Waals surface area contributed by atoms with Crippen LogP contribution in [0, 0.1) is 17.5 Å². The van der Waals surface area contributed by atoms with Crippen molar-refractivity contribution in [3.8, 4) is 0 Å². The van der Waals surface area contributed by atoms with Gasteiger partial charge in [-0.05, 0) is 0 Å². The van der Waals surface area contributed by atoms with Gasteiger partial charge in [0.25, 0.3) is 0 Å². The number of halogens is 3. The van der Waals surface area contributed by atoms with Crippen molar-refractivity contribution < 1.29 is 18.0 Å². The fourth-order valence-electron chi connectivity index (χ4n) is 1.09. The van der Waals surface area contributed by atoms with Crippen molar-refractivity contribution in [2.45, 2.75) is 0 Å². The Morgan fingerprint density at radius 2 is 1.93 bits per heavy atom. The van der Waals surface area contributed by atoms with Crippen molar-refractivity contribution in [3.05, 3.63) is 29.6 Å². The van der Waals surface area contributed by atoms with E-state index in [1.807, 2.05) is 0 Å². The number of nitrogens with zero attached hydrogens (tertiary/aromatic N) is 1. The van der Waals surface area contributed by atoms with E-state index in [1.54, 1.807) is 0 Å². The van der Waals surface area contributed by atoms with E-state index >= 15 is 0 Å². The van der Waals surface area contributed by atoms with Crippen LogP contribution in [0.15, 0.2) is 12.1 Å². The number of benzene rings is 1. The summed E-state index contributed by atoms with van der Waals surface area (Å²) in [5, 5.41) is 2.09. The summed E-state index contributed by atoms with van der Waals surface area (Å²) in [7, 11) is 0.